The van der Waals surface area contributed by atoms with E-state index in [2.05, 4.69) is 10.3 Å². The molecule has 5 nitrogen and oxygen atoms in total. The van der Waals surface area contributed by atoms with Crippen molar-refractivity contribution in [1.82, 2.24) is 14.9 Å². The highest BCUT2D eigenvalue weighted by molar-refractivity contribution is 5.80. The molecule has 0 saturated heterocycles. The molecule has 2 aromatic rings. The van der Waals surface area contributed by atoms with E-state index in [0.717, 1.165) is 5.56 Å². The molecule has 112 valence electrons. The van der Waals surface area contributed by atoms with Crippen molar-refractivity contribution in [3.05, 3.63) is 54.6 Å². The lowest BCUT2D eigenvalue weighted by atomic mass is 9.85. The van der Waals surface area contributed by atoms with Crippen molar-refractivity contribution in [2.75, 3.05) is 0 Å². The van der Waals surface area contributed by atoms with Crippen LogP contribution in [0.2, 0.25) is 0 Å². The topological polar surface area (TPSA) is 67.2 Å². The van der Waals surface area contributed by atoms with Gasteiger partial charge in [-0.2, -0.15) is 0 Å². The first-order chi connectivity index (χ1) is 10.0. The highest BCUT2D eigenvalue weighted by Crippen LogP contribution is 2.27. The van der Waals surface area contributed by atoms with Gasteiger partial charge in [-0.15, -0.1) is 0 Å². The van der Waals surface area contributed by atoms with E-state index in [4.69, 9.17) is 0 Å². The van der Waals surface area contributed by atoms with Crippen LogP contribution in [0.4, 0.5) is 0 Å². The summed E-state index contributed by atoms with van der Waals surface area (Å²) in [6.07, 6.45) is 5.68. The van der Waals surface area contributed by atoms with Gasteiger partial charge in [-0.25, -0.2) is 9.78 Å². The van der Waals surface area contributed by atoms with Crippen LogP contribution in [0.15, 0.2) is 49.1 Å². The van der Waals surface area contributed by atoms with Gasteiger partial charge < -0.3 is 9.67 Å². The molecule has 1 atom stereocenters. The Bertz CT molecular complexity index is 566. The second kappa shape index (κ2) is 6.54. The third-order valence-corrected chi connectivity index (χ3v) is 3.47. The Morgan fingerprint density at radius 2 is 2.10 bits per heavy atom. The Labute approximate surface area is 124 Å². The maximum Gasteiger partial charge on any atom is 0.328 e. The first kappa shape index (κ1) is 15.3. The van der Waals surface area contributed by atoms with Gasteiger partial charge in [-0.3, -0.25) is 5.32 Å². The second-order valence-electron chi connectivity index (χ2n) is 5.43. The molecule has 1 aromatic heterocycles. The van der Waals surface area contributed by atoms with Crippen molar-refractivity contribution in [3.8, 4) is 0 Å². The average molecular weight is 287 g/mol. The molecule has 0 aliphatic heterocycles. The molecule has 0 aliphatic carbocycles. The molecule has 0 aliphatic rings. The van der Waals surface area contributed by atoms with Gasteiger partial charge in [0.25, 0.3) is 0 Å². The standard InChI is InChI=1S/C16H21N3O2/c1-13(2)18-16(15(20)21,14-6-4-3-5-7-14)8-10-19-11-9-17-12-19/h3-7,9,11-13,18H,8,10H2,1-2H3,(H,20,21). The van der Waals surface area contributed by atoms with Crippen molar-refractivity contribution in [3.63, 3.8) is 0 Å². The number of rotatable bonds is 7. The zero-order valence-electron chi connectivity index (χ0n) is 12.4. The number of imidazole rings is 1. The lowest BCUT2D eigenvalue weighted by molar-refractivity contribution is -0.146. The van der Waals surface area contributed by atoms with Gasteiger partial charge in [-0.05, 0) is 25.8 Å². The fourth-order valence-electron chi connectivity index (χ4n) is 2.52. The number of nitrogens with one attached hydrogen (secondary N) is 1. The lowest BCUT2D eigenvalue weighted by Crippen LogP contribution is -2.52. The average Bonchev–Trinajstić information content (AvgIpc) is 2.97. The molecular weight excluding hydrogens is 266 g/mol. The van der Waals surface area contributed by atoms with Crippen LogP contribution in [0, 0.1) is 0 Å². The highest BCUT2D eigenvalue weighted by Gasteiger charge is 2.40. The molecule has 0 amide bonds. The van der Waals surface area contributed by atoms with Crippen LogP contribution in [0.5, 0.6) is 0 Å². The van der Waals surface area contributed by atoms with E-state index in [1.54, 1.807) is 12.5 Å². The molecule has 0 spiro atoms. The van der Waals surface area contributed by atoms with E-state index in [1.807, 2.05) is 54.9 Å². The fraction of sp³-hybridized carbons (Fsp3) is 0.375. The predicted molar refractivity (Wildman–Crippen MR) is 80.9 cm³/mol. The third-order valence-electron chi connectivity index (χ3n) is 3.47. The summed E-state index contributed by atoms with van der Waals surface area (Å²) in [7, 11) is 0. The zero-order valence-corrected chi connectivity index (χ0v) is 12.4. The van der Waals surface area contributed by atoms with E-state index in [9.17, 15) is 9.90 Å². The highest BCUT2D eigenvalue weighted by atomic mass is 16.4. The molecule has 21 heavy (non-hydrogen) atoms. The Morgan fingerprint density at radius 3 is 2.62 bits per heavy atom. The van der Waals surface area contributed by atoms with Gasteiger partial charge in [0.15, 0.2) is 0 Å². The Balaban J connectivity index is 2.33. The summed E-state index contributed by atoms with van der Waals surface area (Å²) in [5.41, 5.74) is -0.328. The van der Waals surface area contributed by atoms with Gasteiger partial charge in [-0.1, -0.05) is 30.3 Å². The van der Waals surface area contributed by atoms with Crippen LogP contribution in [-0.2, 0) is 16.9 Å². The van der Waals surface area contributed by atoms with Crippen LogP contribution in [-0.4, -0.2) is 26.7 Å². The van der Waals surface area contributed by atoms with Crippen molar-refractivity contribution in [1.29, 1.82) is 0 Å². The molecule has 0 fully saturated rings. The Hall–Kier alpha value is -2.14. The number of carboxylic acids is 1. The molecule has 2 N–H and O–H groups in total. The number of aliphatic carboxylic acids is 1. The van der Waals surface area contributed by atoms with Crippen molar-refractivity contribution < 1.29 is 9.90 Å². The van der Waals surface area contributed by atoms with Crippen LogP contribution in [0.25, 0.3) is 0 Å². The minimum absolute atomic E-state index is 0.0593. The molecule has 0 radical (unpaired) electrons. The minimum Gasteiger partial charge on any atom is -0.480 e. The smallest absolute Gasteiger partial charge is 0.328 e. The zero-order chi connectivity index (χ0) is 15.3. The van der Waals surface area contributed by atoms with Crippen LogP contribution in [0.3, 0.4) is 0 Å². The molecular formula is C16H21N3O2. The molecule has 1 unspecified atom stereocenters. The van der Waals surface area contributed by atoms with E-state index in [-0.39, 0.29) is 6.04 Å². The summed E-state index contributed by atoms with van der Waals surface area (Å²) in [6, 6.07) is 9.40. The quantitative estimate of drug-likeness (QED) is 0.819. The molecule has 1 heterocycles. The van der Waals surface area contributed by atoms with Crippen molar-refractivity contribution >= 4 is 5.97 Å². The lowest BCUT2D eigenvalue weighted by Gasteiger charge is -2.33. The molecule has 0 saturated carbocycles. The van der Waals surface area contributed by atoms with Crippen LogP contribution in [0.1, 0.15) is 25.8 Å². The Morgan fingerprint density at radius 1 is 1.38 bits per heavy atom. The number of hydrogen-bond donors (Lipinski definition) is 2. The van der Waals surface area contributed by atoms with E-state index in [1.165, 1.54) is 0 Å². The number of carbonyl (C=O) groups is 1. The molecule has 5 heteroatoms. The van der Waals surface area contributed by atoms with Crippen LogP contribution >= 0.6 is 0 Å². The first-order valence-corrected chi connectivity index (χ1v) is 7.07. The molecule has 2 rings (SSSR count). The van der Waals surface area contributed by atoms with Gasteiger partial charge in [0.05, 0.1) is 6.33 Å². The summed E-state index contributed by atoms with van der Waals surface area (Å²) in [5.74, 6) is -0.859. The Kier molecular flexibility index (Phi) is 4.75. The number of benzene rings is 1. The summed E-state index contributed by atoms with van der Waals surface area (Å²) in [5, 5.41) is 13.1. The predicted octanol–water partition coefficient (Wildman–Crippen LogP) is 2.25. The van der Waals surface area contributed by atoms with E-state index in [0.29, 0.717) is 13.0 Å². The normalized spacial score (nSPS) is 14.0. The van der Waals surface area contributed by atoms with Gasteiger partial charge >= 0.3 is 5.97 Å². The molecule has 0 bridgehead atoms. The van der Waals surface area contributed by atoms with Crippen LogP contribution < -0.4 is 5.32 Å². The van der Waals surface area contributed by atoms with Gasteiger partial charge in [0, 0.05) is 25.0 Å². The van der Waals surface area contributed by atoms with E-state index >= 15 is 0 Å². The number of aromatic nitrogens is 2. The van der Waals surface area contributed by atoms with Crippen molar-refractivity contribution in [2.45, 2.75) is 38.4 Å². The first-order valence-electron chi connectivity index (χ1n) is 7.07. The SMILES string of the molecule is CC(C)NC(CCn1ccnc1)(C(=O)O)c1ccccc1. The van der Waals surface area contributed by atoms with Gasteiger partial charge in [0.2, 0.25) is 0 Å². The fourth-order valence-corrected chi connectivity index (χ4v) is 2.52. The largest absolute Gasteiger partial charge is 0.480 e. The number of carboxylic acid groups (broad SMARTS) is 1. The van der Waals surface area contributed by atoms with Crippen molar-refractivity contribution in [2.24, 2.45) is 0 Å². The maximum atomic E-state index is 12.0. The summed E-state index contributed by atoms with van der Waals surface area (Å²) in [6.45, 7) is 4.50. The van der Waals surface area contributed by atoms with Gasteiger partial charge in [0.1, 0.15) is 5.54 Å². The summed E-state index contributed by atoms with van der Waals surface area (Å²) < 4.78 is 1.89. The monoisotopic (exact) mass is 287 g/mol. The number of hydrogen-bond acceptors (Lipinski definition) is 3. The van der Waals surface area contributed by atoms with E-state index < -0.39 is 11.5 Å². The second-order valence-corrected chi connectivity index (χ2v) is 5.43. The number of nitrogens with zero attached hydrogens (tertiary/aromatic N) is 2. The summed E-state index contributed by atoms with van der Waals surface area (Å²) in [4.78, 5) is 16.0. The summed E-state index contributed by atoms with van der Waals surface area (Å²) >= 11 is 0. The number of aryl methyl sites for hydroxylation is 1. The molecule has 1 aromatic carbocycles. The third kappa shape index (κ3) is 3.49. The maximum absolute atomic E-state index is 12.0. The minimum atomic E-state index is -1.10.